The molecule has 2 aromatic carbocycles. The molecular formula is C24H32N2O2S. The minimum absolute atomic E-state index is 0.0260. The van der Waals surface area contributed by atoms with Gasteiger partial charge in [-0.25, -0.2) is 0 Å². The topological polar surface area (TPSA) is 49.4 Å². The Hall–Kier alpha value is -2.27. The zero-order valence-corrected chi connectivity index (χ0v) is 18.9. The van der Waals surface area contributed by atoms with Crippen LogP contribution in [0.1, 0.15) is 43.9 Å². The van der Waals surface area contributed by atoms with Crippen LogP contribution in [0, 0.1) is 13.8 Å². The van der Waals surface area contributed by atoms with Crippen LogP contribution >= 0.6 is 11.8 Å². The maximum atomic E-state index is 13.2. The van der Waals surface area contributed by atoms with Gasteiger partial charge in [-0.05, 0) is 51.8 Å². The fourth-order valence-corrected chi connectivity index (χ4v) is 3.84. The van der Waals surface area contributed by atoms with Crippen LogP contribution in [0.3, 0.4) is 0 Å². The standard InChI is InChI=1S/C24H32N2O2S/c1-6-22(24(28)25-17(2)3)26(15-20-11-7-18(4)8-12-20)23(27)16-29-21-13-9-19(5)10-14-21/h7-14,17,22H,6,15-16H2,1-5H3,(H,25,28). The number of rotatable bonds is 9. The molecule has 1 unspecified atom stereocenters. The molecule has 4 nitrogen and oxygen atoms in total. The molecule has 2 aromatic rings. The van der Waals surface area contributed by atoms with Gasteiger partial charge in [0.05, 0.1) is 5.75 Å². The van der Waals surface area contributed by atoms with Gasteiger partial charge in [-0.2, -0.15) is 0 Å². The van der Waals surface area contributed by atoms with Crippen molar-refractivity contribution in [3.63, 3.8) is 0 Å². The summed E-state index contributed by atoms with van der Waals surface area (Å²) in [7, 11) is 0. The van der Waals surface area contributed by atoms with Crippen LogP contribution in [0.15, 0.2) is 53.4 Å². The van der Waals surface area contributed by atoms with Crippen LogP contribution in [0.25, 0.3) is 0 Å². The minimum atomic E-state index is -0.482. The van der Waals surface area contributed by atoms with Gasteiger partial charge in [0.1, 0.15) is 6.04 Å². The summed E-state index contributed by atoms with van der Waals surface area (Å²) in [4.78, 5) is 28.7. The molecule has 156 valence electrons. The smallest absolute Gasteiger partial charge is 0.243 e. The van der Waals surface area contributed by atoms with E-state index in [1.165, 1.54) is 22.9 Å². The van der Waals surface area contributed by atoms with Crippen molar-refractivity contribution in [2.24, 2.45) is 0 Å². The van der Waals surface area contributed by atoms with Crippen molar-refractivity contribution in [1.29, 1.82) is 0 Å². The number of aryl methyl sites for hydroxylation is 2. The van der Waals surface area contributed by atoms with Gasteiger partial charge in [-0.15, -0.1) is 11.8 Å². The summed E-state index contributed by atoms with van der Waals surface area (Å²) in [5, 5.41) is 2.96. The minimum Gasteiger partial charge on any atom is -0.352 e. The van der Waals surface area contributed by atoms with E-state index in [1.54, 1.807) is 4.90 Å². The van der Waals surface area contributed by atoms with Crippen molar-refractivity contribution in [1.82, 2.24) is 10.2 Å². The first-order valence-corrected chi connectivity index (χ1v) is 11.1. The van der Waals surface area contributed by atoms with Crippen LogP contribution < -0.4 is 5.32 Å². The van der Waals surface area contributed by atoms with E-state index in [-0.39, 0.29) is 17.9 Å². The Balaban J connectivity index is 2.18. The molecule has 2 rings (SSSR count). The van der Waals surface area contributed by atoms with Gasteiger partial charge in [0.2, 0.25) is 11.8 Å². The third-order valence-electron chi connectivity index (χ3n) is 4.67. The van der Waals surface area contributed by atoms with Crippen LogP contribution in [0.5, 0.6) is 0 Å². The van der Waals surface area contributed by atoms with E-state index in [9.17, 15) is 9.59 Å². The average Bonchev–Trinajstić information content (AvgIpc) is 2.68. The SMILES string of the molecule is CCC(C(=O)NC(C)C)N(Cc1ccc(C)cc1)C(=O)CSc1ccc(C)cc1. The molecule has 0 heterocycles. The van der Waals surface area contributed by atoms with Crippen molar-refractivity contribution >= 4 is 23.6 Å². The second-order valence-corrected chi connectivity index (χ2v) is 8.75. The van der Waals surface area contributed by atoms with Crippen molar-refractivity contribution in [2.75, 3.05) is 5.75 Å². The zero-order valence-electron chi connectivity index (χ0n) is 18.1. The molecule has 0 fully saturated rings. The van der Waals surface area contributed by atoms with Crippen molar-refractivity contribution in [3.05, 3.63) is 65.2 Å². The highest BCUT2D eigenvalue weighted by Crippen LogP contribution is 2.21. The molecule has 5 heteroatoms. The average molecular weight is 413 g/mol. The molecule has 1 N–H and O–H groups in total. The molecule has 0 aliphatic heterocycles. The van der Waals surface area contributed by atoms with E-state index in [1.807, 2.05) is 83.1 Å². The Morgan fingerprint density at radius 2 is 1.52 bits per heavy atom. The lowest BCUT2D eigenvalue weighted by atomic mass is 10.1. The van der Waals surface area contributed by atoms with Gasteiger partial charge < -0.3 is 10.2 Å². The van der Waals surface area contributed by atoms with E-state index >= 15 is 0 Å². The lowest BCUT2D eigenvalue weighted by Crippen LogP contribution is -2.50. The van der Waals surface area contributed by atoms with Crippen LogP contribution in [0.4, 0.5) is 0 Å². The number of carbonyl (C=O) groups excluding carboxylic acids is 2. The monoisotopic (exact) mass is 412 g/mol. The molecule has 0 radical (unpaired) electrons. The molecule has 0 bridgehead atoms. The van der Waals surface area contributed by atoms with Crippen LogP contribution in [-0.2, 0) is 16.1 Å². The summed E-state index contributed by atoms with van der Waals surface area (Å²) in [5.74, 6) is 0.186. The summed E-state index contributed by atoms with van der Waals surface area (Å²) in [6.07, 6.45) is 0.575. The largest absolute Gasteiger partial charge is 0.352 e. The molecule has 0 saturated carbocycles. The first-order valence-electron chi connectivity index (χ1n) is 10.1. The molecule has 0 aromatic heterocycles. The van der Waals surface area contributed by atoms with E-state index in [0.29, 0.717) is 18.7 Å². The molecular weight excluding hydrogens is 380 g/mol. The normalized spacial score (nSPS) is 11.9. The summed E-state index contributed by atoms with van der Waals surface area (Å²) in [6, 6.07) is 15.8. The zero-order chi connectivity index (χ0) is 21.4. The predicted octanol–water partition coefficient (Wildman–Crippen LogP) is 4.73. The second kappa shape index (κ2) is 11.1. The Bertz CT molecular complexity index is 801. The van der Waals surface area contributed by atoms with E-state index in [4.69, 9.17) is 0 Å². The number of thioether (sulfide) groups is 1. The fraction of sp³-hybridized carbons (Fsp3) is 0.417. The fourth-order valence-electron chi connectivity index (χ4n) is 3.05. The van der Waals surface area contributed by atoms with E-state index in [2.05, 4.69) is 5.32 Å². The predicted molar refractivity (Wildman–Crippen MR) is 121 cm³/mol. The lowest BCUT2D eigenvalue weighted by Gasteiger charge is -2.31. The van der Waals surface area contributed by atoms with Gasteiger partial charge in [0.15, 0.2) is 0 Å². The number of amides is 2. The van der Waals surface area contributed by atoms with Gasteiger partial charge >= 0.3 is 0 Å². The van der Waals surface area contributed by atoms with Crippen molar-refractivity contribution < 1.29 is 9.59 Å². The summed E-state index contributed by atoms with van der Waals surface area (Å²) in [5.41, 5.74) is 3.39. The second-order valence-electron chi connectivity index (χ2n) is 7.70. The van der Waals surface area contributed by atoms with Gasteiger partial charge in [-0.3, -0.25) is 9.59 Å². The highest BCUT2D eigenvalue weighted by molar-refractivity contribution is 8.00. The summed E-state index contributed by atoms with van der Waals surface area (Å²) >= 11 is 1.51. The lowest BCUT2D eigenvalue weighted by molar-refractivity contribution is -0.139. The molecule has 0 aliphatic carbocycles. The third-order valence-corrected chi connectivity index (χ3v) is 5.67. The summed E-state index contributed by atoms with van der Waals surface area (Å²) < 4.78 is 0. The first kappa shape index (κ1) is 23.0. The van der Waals surface area contributed by atoms with Crippen molar-refractivity contribution in [3.8, 4) is 0 Å². The highest BCUT2D eigenvalue weighted by Gasteiger charge is 2.28. The Labute approximate surface area is 179 Å². The quantitative estimate of drug-likeness (QED) is 0.606. The third kappa shape index (κ3) is 7.24. The maximum Gasteiger partial charge on any atom is 0.243 e. The summed E-state index contributed by atoms with van der Waals surface area (Å²) in [6.45, 7) is 10.3. The number of hydrogen-bond acceptors (Lipinski definition) is 3. The van der Waals surface area contributed by atoms with E-state index < -0.39 is 6.04 Å². The highest BCUT2D eigenvalue weighted by atomic mass is 32.2. The Morgan fingerprint density at radius 3 is 2.03 bits per heavy atom. The number of benzene rings is 2. The molecule has 1 atom stereocenters. The number of hydrogen-bond donors (Lipinski definition) is 1. The van der Waals surface area contributed by atoms with Crippen LogP contribution in [0.2, 0.25) is 0 Å². The molecule has 0 spiro atoms. The van der Waals surface area contributed by atoms with Gasteiger partial charge in [0.25, 0.3) is 0 Å². The molecule has 29 heavy (non-hydrogen) atoms. The first-order chi connectivity index (χ1) is 13.8. The van der Waals surface area contributed by atoms with Crippen molar-refractivity contribution in [2.45, 2.75) is 64.6 Å². The van der Waals surface area contributed by atoms with Gasteiger partial charge in [-0.1, -0.05) is 54.4 Å². The number of carbonyl (C=O) groups is 2. The van der Waals surface area contributed by atoms with Crippen LogP contribution in [-0.4, -0.2) is 34.6 Å². The Morgan fingerprint density at radius 1 is 0.966 bits per heavy atom. The Kier molecular flexibility index (Phi) is 8.77. The molecule has 0 aliphatic rings. The maximum absolute atomic E-state index is 13.2. The number of nitrogens with zero attached hydrogens (tertiary/aromatic N) is 1. The number of nitrogens with one attached hydrogen (secondary N) is 1. The molecule has 0 saturated heterocycles. The molecule has 2 amide bonds. The van der Waals surface area contributed by atoms with E-state index in [0.717, 1.165) is 10.5 Å². The van der Waals surface area contributed by atoms with Gasteiger partial charge in [0, 0.05) is 17.5 Å².